The minimum absolute atomic E-state index is 0.949. The second kappa shape index (κ2) is 8.56. The fourth-order valence-corrected chi connectivity index (χ4v) is 0.934. The van der Waals surface area contributed by atoms with Crippen LogP contribution in [0.25, 0.3) is 0 Å². The van der Waals surface area contributed by atoms with Gasteiger partial charge in [0.2, 0.25) is 0 Å². The Morgan fingerprint density at radius 2 is 1.60 bits per heavy atom. The van der Waals surface area contributed by atoms with Crippen molar-refractivity contribution >= 4 is 0 Å². The highest BCUT2D eigenvalue weighted by atomic mass is 13.9. The summed E-state index contributed by atoms with van der Waals surface area (Å²) in [5.74, 6) is 2.65. The maximum Gasteiger partial charge on any atom is 0.00860 e. The van der Waals surface area contributed by atoms with Crippen molar-refractivity contribution < 1.29 is 0 Å². The van der Waals surface area contributed by atoms with Gasteiger partial charge in [-0.3, -0.25) is 0 Å². The van der Waals surface area contributed by atoms with Gasteiger partial charge in [0.1, 0.15) is 0 Å². The summed E-state index contributed by atoms with van der Waals surface area (Å²) < 4.78 is 0. The third-order valence-electron chi connectivity index (χ3n) is 1.57. The van der Waals surface area contributed by atoms with Crippen LogP contribution in [0.15, 0.2) is 0 Å². The van der Waals surface area contributed by atoms with Crippen molar-refractivity contribution in [1.29, 1.82) is 0 Å². The van der Waals surface area contributed by atoms with Crippen LogP contribution in [0.1, 0.15) is 44.9 Å². The molecule has 57 valence electrons. The van der Waals surface area contributed by atoms with Crippen LogP contribution in [-0.4, -0.2) is 0 Å². The van der Waals surface area contributed by atoms with Crippen LogP contribution >= 0.6 is 0 Å². The molecule has 0 saturated carbocycles. The average Bonchev–Trinajstić information content (AvgIpc) is 1.97. The first-order chi connectivity index (χ1) is 4.91. The first-order valence-corrected chi connectivity index (χ1v) is 4.14. The van der Waals surface area contributed by atoms with E-state index < -0.39 is 0 Å². The molecule has 0 aliphatic carbocycles. The highest BCUT2D eigenvalue weighted by Crippen LogP contribution is 2.05. The van der Waals surface area contributed by atoms with Gasteiger partial charge < -0.3 is 0 Å². The van der Waals surface area contributed by atoms with Gasteiger partial charge in [-0.25, -0.2) is 0 Å². The number of unbranched alkanes of at least 4 members (excludes halogenated alkanes) is 6. The van der Waals surface area contributed by atoms with Crippen LogP contribution in [0.3, 0.4) is 0 Å². The fourth-order valence-electron chi connectivity index (χ4n) is 0.934. The second-order valence-corrected chi connectivity index (χ2v) is 2.58. The summed E-state index contributed by atoms with van der Waals surface area (Å²) in [7, 11) is 0. The first-order valence-electron chi connectivity index (χ1n) is 4.14. The highest BCUT2D eigenvalue weighted by molar-refractivity contribution is 4.82. The summed E-state index contributed by atoms with van der Waals surface area (Å²) >= 11 is 0. The van der Waals surface area contributed by atoms with E-state index in [9.17, 15) is 0 Å². The van der Waals surface area contributed by atoms with E-state index in [0.717, 1.165) is 12.8 Å². The first kappa shape index (κ1) is 9.56. The SMILES string of the molecule is C#CCCCCCCC[CH2]. The number of terminal acetylenes is 1. The quantitative estimate of drug-likeness (QED) is 0.389. The van der Waals surface area contributed by atoms with Gasteiger partial charge in [0.15, 0.2) is 0 Å². The molecule has 10 heavy (non-hydrogen) atoms. The van der Waals surface area contributed by atoms with Gasteiger partial charge in [-0.1, -0.05) is 39.0 Å². The van der Waals surface area contributed by atoms with Crippen molar-refractivity contribution in [3.63, 3.8) is 0 Å². The molecule has 0 heteroatoms. The van der Waals surface area contributed by atoms with E-state index >= 15 is 0 Å². The number of hydrogen-bond donors (Lipinski definition) is 0. The molecule has 0 heterocycles. The second-order valence-electron chi connectivity index (χ2n) is 2.58. The molecule has 0 aromatic rings. The summed E-state index contributed by atoms with van der Waals surface area (Å²) in [6.07, 6.45) is 13.6. The Labute approximate surface area is 65.0 Å². The van der Waals surface area contributed by atoms with E-state index in [1.807, 2.05) is 0 Å². The van der Waals surface area contributed by atoms with Gasteiger partial charge in [0, 0.05) is 6.42 Å². The fraction of sp³-hybridized carbons (Fsp3) is 0.700. The molecule has 0 unspecified atom stereocenters. The Morgan fingerprint density at radius 1 is 1.00 bits per heavy atom. The molecule has 0 spiro atoms. The summed E-state index contributed by atoms with van der Waals surface area (Å²) in [6.45, 7) is 3.79. The minimum atomic E-state index is 0.949. The van der Waals surface area contributed by atoms with Crippen LogP contribution in [-0.2, 0) is 0 Å². The lowest BCUT2D eigenvalue weighted by Crippen LogP contribution is -1.77. The minimum Gasteiger partial charge on any atom is -0.120 e. The lowest BCUT2D eigenvalue weighted by Gasteiger charge is -1.95. The zero-order chi connectivity index (χ0) is 7.66. The van der Waals surface area contributed by atoms with E-state index in [1.165, 1.54) is 32.1 Å². The van der Waals surface area contributed by atoms with E-state index in [0.29, 0.717) is 0 Å². The Balaban J connectivity index is 2.72. The number of hydrogen-bond acceptors (Lipinski definition) is 0. The van der Waals surface area contributed by atoms with E-state index in [4.69, 9.17) is 6.42 Å². The maximum absolute atomic E-state index is 5.11. The predicted octanol–water partition coefficient (Wildman–Crippen LogP) is 3.18. The molecular formula is C10H17. The van der Waals surface area contributed by atoms with Crippen LogP contribution in [0.2, 0.25) is 0 Å². The summed E-state index contributed by atoms with van der Waals surface area (Å²) in [5.41, 5.74) is 0. The lowest BCUT2D eigenvalue weighted by molar-refractivity contribution is 0.624. The largest absolute Gasteiger partial charge is 0.120 e. The third-order valence-corrected chi connectivity index (χ3v) is 1.57. The highest BCUT2D eigenvalue weighted by Gasteiger charge is 1.86. The summed E-state index contributed by atoms with van der Waals surface area (Å²) in [4.78, 5) is 0. The normalized spacial score (nSPS) is 9.20. The standard InChI is InChI=1S/C10H17/c1-3-5-7-9-10-8-6-4-2/h1H,2,4-10H2. The molecule has 0 rings (SSSR count). The molecule has 0 saturated heterocycles. The van der Waals surface area contributed by atoms with E-state index in [-0.39, 0.29) is 0 Å². The molecule has 0 aromatic heterocycles. The molecule has 0 aliphatic rings. The smallest absolute Gasteiger partial charge is 0.00860 e. The predicted molar refractivity (Wildman–Crippen MR) is 46.5 cm³/mol. The van der Waals surface area contributed by atoms with Crippen LogP contribution < -0.4 is 0 Å². The molecule has 1 radical (unpaired) electrons. The Hall–Kier alpha value is -0.440. The van der Waals surface area contributed by atoms with Gasteiger partial charge >= 0.3 is 0 Å². The van der Waals surface area contributed by atoms with E-state index in [2.05, 4.69) is 12.8 Å². The van der Waals surface area contributed by atoms with Crippen molar-refractivity contribution in [2.24, 2.45) is 0 Å². The van der Waals surface area contributed by atoms with Gasteiger partial charge in [-0.15, -0.1) is 12.3 Å². The van der Waals surface area contributed by atoms with Crippen molar-refractivity contribution in [2.45, 2.75) is 44.9 Å². The van der Waals surface area contributed by atoms with Gasteiger partial charge in [-0.2, -0.15) is 0 Å². The van der Waals surface area contributed by atoms with Crippen molar-refractivity contribution in [2.75, 3.05) is 0 Å². The zero-order valence-electron chi connectivity index (χ0n) is 6.73. The molecular weight excluding hydrogens is 120 g/mol. The molecule has 0 bridgehead atoms. The summed E-state index contributed by atoms with van der Waals surface area (Å²) in [5, 5.41) is 0. The Kier molecular flexibility index (Phi) is 8.18. The van der Waals surface area contributed by atoms with Gasteiger partial charge in [0.05, 0.1) is 0 Å². The van der Waals surface area contributed by atoms with Crippen molar-refractivity contribution in [3.05, 3.63) is 6.92 Å². The number of rotatable bonds is 6. The van der Waals surface area contributed by atoms with Gasteiger partial charge in [0.25, 0.3) is 0 Å². The van der Waals surface area contributed by atoms with Gasteiger partial charge in [-0.05, 0) is 6.42 Å². The molecule has 0 amide bonds. The van der Waals surface area contributed by atoms with Crippen LogP contribution in [0.4, 0.5) is 0 Å². The van der Waals surface area contributed by atoms with Crippen LogP contribution in [0.5, 0.6) is 0 Å². The maximum atomic E-state index is 5.11. The topological polar surface area (TPSA) is 0 Å². The Morgan fingerprint density at radius 3 is 2.20 bits per heavy atom. The van der Waals surface area contributed by atoms with Crippen molar-refractivity contribution in [3.8, 4) is 12.3 Å². The van der Waals surface area contributed by atoms with E-state index in [1.54, 1.807) is 0 Å². The van der Waals surface area contributed by atoms with Crippen molar-refractivity contribution in [1.82, 2.24) is 0 Å². The molecule has 0 aromatic carbocycles. The zero-order valence-corrected chi connectivity index (χ0v) is 6.73. The summed E-state index contributed by atoms with van der Waals surface area (Å²) in [6, 6.07) is 0. The monoisotopic (exact) mass is 137 g/mol. The molecule has 0 atom stereocenters. The average molecular weight is 137 g/mol. The van der Waals surface area contributed by atoms with Crippen LogP contribution in [0, 0.1) is 19.3 Å². The molecule has 0 nitrogen and oxygen atoms in total. The third kappa shape index (κ3) is 7.56. The molecule has 0 fully saturated rings. The molecule has 0 aliphatic heterocycles. The lowest BCUT2D eigenvalue weighted by atomic mass is 10.1. The Bertz CT molecular complexity index is 86.7. The molecule has 0 N–H and O–H groups in total.